The Balaban J connectivity index is 0.00000432. The van der Waals surface area contributed by atoms with E-state index in [1.54, 1.807) is 6.07 Å². The van der Waals surface area contributed by atoms with Crippen molar-refractivity contribution in [2.24, 2.45) is 0 Å². The van der Waals surface area contributed by atoms with Crippen LogP contribution < -0.4 is 4.98 Å². The summed E-state index contributed by atoms with van der Waals surface area (Å²) in [7, 11) is 0. The van der Waals surface area contributed by atoms with Crippen molar-refractivity contribution >= 4 is 44.6 Å². The molecule has 0 aliphatic carbocycles. The van der Waals surface area contributed by atoms with Crippen LogP contribution in [0.2, 0.25) is 0 Å². The molecule has 0 fully saturated rings. The standard InChI is InChI=1S/C43H44N6.Pt/c1-41(2,3)26-17-18-33-31(19-26)32-20-27(42(4,5)6)23-37(40(32)47-33)49-36-16-11-10-14-30(36)39(48-49)35-22-28(43(7,8)9)21-34(46-35)29-15-12-13-25(24-44)38(29)45;/h10-24,44-45H,1-9H3;/q-2;+2. The van der Waals surface area contributed by atoms with Crippen LogP contribution in [0, 0.1) is 5.41 Å². The van der Waals surface area contributed by atoms with Gasteiger partial charge in [0.05, 0.1) is 22.6 Å². The summed E-state index contributed by atoms with van der Waals surface area (Å²) in [6, 6.07) is 29.4. The molecule has 3 aromatic heterocycles. The minimum Gasteiger partial charge on any atom is -0.698 e. The van der Waals surface area contributed by atoms with Gasteiger partial charge in [-0.2, -0.15) is 5.10 Å². The van der Waals surface area contributed by atoms with E-state index in [2.05, 4.69) is 128 Å². The van der Waals surface area contributed by atoms with Gasteiger partial charge in [-0.05, 0) is 79.1 Å². The minimum absolute atomic E-state index is 0. The number of aromatic nitrogens is 4. The minimum atomic E-state index is -0.176. The molecule has 4 aromatic carbocycles. The van der Waals surface area contributed by atoms with E-state index < -0.39 is 0 Å². The second-order valence-electron chi connectivity index (χ2n) is 16.3. The molecule has 0 aliphatic rings. The van der Waals surface area contributed by atoms with Gasteiger partial charge in [-0.3, -0.25) is 0 Å². The maximum Gasteiger partial charge on any atom is 2.00 e. The van der Waals surface area contributed by atoms with Crippen molar-refractivity contribution in [3.05, 3.63) is 113 Å². The predicted octanol–water partition coefficient (Wildman–Crippen LogP) is 11.6. The van der Waals surface area contributed by atoms with Gasteiger partial charge in [0.2, 0.25) is 0 Å². The summed E-state index contributed by atoms with van der Waals surface area (Å²) in [4.78, 5) is 10.4. The first-order valence-electron chi connectivity index (χ1n) is 17.0. The fraction of sp³-hybridized carbons (Fsp3) is 0.279. The Labute approximate surface area is 309 Å². The fourth-order valence-electron chi connectivity index (χ4n) is 6.54. The topological polar surface area (TPSA) is 92.5 Å². The molecule has 3 heterocycles. The summed E-state index contributed by atoms with van der Waals surface area (Å²) in [5, 5.41) is 16.5. The number of rotatable bonds is 4. The van der Waals surface area contributed by atoms with E-state index >= 15 is 0 Å². The largest absolute Gasteiger partial charge is 2.00 e. The van der Waals surface area contributed by atoms with Crippen molar-refractivity contribution < 1.29 is 21.1 Å². The maximum absolute atomic E-state index is 8.86. The molecular formula is C43H44N6Pt. The molecule has 0 aliphatic heterocycles. The first-order chi connectivity index (χ1) is 23.0. The van der Waals surface area contributed by atoms with E-state index in [1.807, 2.05) is 18.2 Å². The summed E-state index contributed by atoms with van der Waals surface area (Å²) < 4.78 is 2.05. The summed E-state index contributed by atoms with van der Waals surface area (Å²) in [5.74, 6) is 0. The average Bonchev–Trinajstić information content (AvgIpc) is 3.61. The zero-order valence-corrected chi connectivity index (χ0v) is 32.5. The molecular weight excluding hydrogens is 796 g/mol. The van der Waals surface area contributed by atoms with Gasteiger partial charge in [0.1, 0.15) is 5.69 Å². The van der Waals surface area contributed by atoms with Gasteiger partial charge in [0.25, 0.3) is 0 Å². The van der Waals surface area contributed by atoms with Crippen LogP contribution in [0.25, 0.3) is 66.8 Å². The number of hydrogen-bond donors (Lipinski definition) is 1. The van der Waals surface area contributed by atoms with Crippen molar-refractivity contribution in [2.75, 3.05) is 0 Å². The van der Waals surface area contributed by atoms with Gasteiger partial charge < -0.3 is 16.1 Å². The molecule has 0 saturated heterocycles. The fourth-order valence-corrected chi connectivity index (χ4v) is 6.54. The van der Waals surface area contributed by atoms with E-state index in [4.69, 9.17) is 26.2 Å². The second-order valence-corrected chi connectivity index (χ2v) is 16.3. The number of fused-ring (bicyclic) bond motifs is 4. The van der Waals surface area contributed by atoms with Crippen LogP contribution in [0.5, 0.6) is 0 Å². The van der Waals surface area contributed by atoms with Gasteiger partial charge in [0, 0.05) is 11.6 Å². The monoisotopic (exact) mass is 839 g/mol. The van der Waals surface area contributed by atoms with Crippen LogP contribution in [0.1, 0.15) is 84.6 Å². The SMILES string of the molecule is CC(C)(C)c1cc(-c2cccc(C=N)c2[NH-])nc(-c2nn(-c3cc(C(C)(C)C)cc4c3[n-]c3ccc(C(C)(C)C)cc34)c3ccccc23)c1.[Pt+2]. The van der Waals surface area contributed by atoms with Crippen molar-refractivity contribution in [2.45, 2.75) is 78.6 Å². The Kier molecular flexibility index (Phi) is 8.72. The molecule has 7 aromatic rings. The third-order valence-corrected chi connectivity index (χ3v) is 9.62. The second kappa shape index (κ2) is 12.3. The van der Waals surface area contributed by atoms with E-state index in [1.165, 1.54) is 17.3 Å². The zero-order chi connectivity index (χ0) is 35.0. The van der Waals surface area contributed by atoms with Crippen molar-refractivity contribution in [1.82, 2.24) is 19.7 Å². The van der Waals surface area contributed by atoms with Crippen molar-refractivity contribution in [3.63, 3.8) is 0 Å². The molecule has 6 nitrogen and oxygen atoms in total. The van der Waals surface area contributed by atoms with Crippen molar-refractivity contribution in [1.29, 1.82) is 5.41 Å². The summed E-state index contributed by atoms with van der Waals surface area (Å²) in [5.41, 5.74) is 19.8. The number of nitrogens with one attached hydrogen (secondary N) is 2. The Hall–Kier alpha value is -4.54. The predicted molar refractivity (Wildman–Crippen MR) is 206 cm³/mol. The maximum atomic E-state index is 8.86. The summed E-state index contributed by atoms with van der Waals surface area (Å²) in [6.45, 7) is 20.1. The molecule has 0 atom stereocenters. The molecule has 0 radical (unpaired) electrons. The number of hydrogen-bond acceptors (Lipinski definition) is 3. The van der Waals surface area contributed by atoms with E-state index in [-0.39, 0.29) is 37.3 Å². The summed E-state index contributed by atoms with van der Waals surface area (Å²) in [6.07, 6.45) is 1.23. The zero-order valence-electron chi connectivity index (χ0n) is 30.3. The molecule has 50 heavy (non-hydrogen) atoms. The van der Waals surface area contributed by atoms with Gasteiger partial charge in [0.15, 0.2) is 0 Å². The Bertz CT molecular complexity index is 2430. The van der Waals surface area contributed by atoms with E-state index in [9.17, 15) is 0 Å². The molecule has 0 saturated carbocycles. The van der Waals surface area contributed by atoms with Gasteiger partial charge >= 0.3 is 21.1 Å². The van der Waals surface area contributed by atoms with E-state index in [0.29, 0.717) is 22.5 Å². The molecule has 0 unspecified atom stereocenters. The number of benzene rings is 4. The Morgan fingerprint density at radius 1 is 0.680 bits per heavy atom. The van der Waals surface area contributed by atoms with Gasteiger partial charge in [-0.1, -0.05) is 123 Å². The molecule has 0 spiro atoms. The smallest absolute Gasteiger partial charge is 0.698 e. The Morgan fingerprint density at radius 2 is 1.32 bits per heavy atom. The normalized spacial score (nSPS) is 12.5. The quantitative estimate of drug-likeness (QED) is 0.179. The molecule has 0 bridgehead atoms. The van der Waals surface area contributed by atoms with Crippen molar-refractivity contribution in [3.8, 4) is 28.3 Å². The molecule has 2 N–H and O–H groups in total. The van der Waals surface area contributed by atoms with Crippen LogP contribution in [0.4, 0.5) is 5.69 Å². The van der Waals surface area contributed by atoms with Gasteiger partial charge in [-0.25, -0.2) is 9.67 Å². The molecule has 7 heteroatoms. The number of nitrogens with zero attached hydrogens (tertiary/aromatic N) is 4. The van der Waals surface area contributed by atoms with Crippen LogP contribution in [0.3, 0.4) is 0 Å². The van der Waals surface area contributed by atoms with Crippen LogP contribution in [0.15, 0.2) is 84.9 Å². The molecule has 0 amide bonds. The van der Waals surface area contributed by atoms with Gasteiger partial charge in [-0.15, -0.1) is 16.7 Å². The summed E-state index contributed by atoms with van der Waals surface area (Å²) >= 11 is 0. The number of pyridine rings is 1. The van der Waals surface area contributed by atoms with Crippen LogP contribution in [-0.2, 0) is 37.3 Å². The average molecular weight is 840 g/mol. The third kappa shape index (κ3) is 6.09. The third-order valence-electron chi connectivity index (χ3n) is 9.62. The molecule has 7 rings (SSSR count). The first kappa shape index (κ1) is 35.3. The first-order valence-corrected chi connectivity index (χ1v) is 17.0. The molecule has 256 valence electrons. The van der Waals surface area contributed by atoms with E-state index in [0.717, 1.165) is 55.3 Å². The Morgan fingerprint density at radius 3 is 2.00 bits per heavy atom. The van der Waals surface area contributed by atoms with Crippen LogP contribution in [-0.4, -0.2) is 21.0 Å². The number of para-hydroxylation sites is 1. The van der Waals surface area contributed by atoms with Crippen LogP contribution >= 0.6 is 0 Å².